The van der Waals surface area contributed by atoms with Crippen molar-refractivity contribution < 1.29 is 9.84 Å². The lowest BCUT2D eigenvalue weighted by Gasteiger charge is -2.35. The number of fused-ring (bicyclic) bond motifs is 1. The summed E-state index contributed by atoms with van der Waals surface area (Å²) in [6.07, 6.45) is 11.6. The molecule has 7 rings (SSSR count). The molecule has 0 unspecified atom stereocenters. The molecule has 3 aromatic rings. The fourth-order valence-electron chi connectivity index (χ4n) is 6.41. The van der Waals surface area contributed by atoms with E-state index in [0.717, 1.165) is 86.7 Å². The summed E-state index contributed by atoms with van der Waals surface area (Å²) >= 11 is 0. The number of aromatic nitrogens is 4. The predicted molar refractivity (Wildman–Crippen MR) is 143 cm³/mol. The van der Waals surface area contributed by atoms with E-state index in [2.05, 4.69) is 44.1 Å². The molecule has 37 heavy (non-hydrogen) atoms. The van der Waals surface area contributed by atoms with Crippen LogP contribution in [0.4, 0.5) is 5.95 Å². The van der Waals surface area contributed by atoms with Crippen molar-refractivity contribution in [3.8, 4) is 11.3 Å². The number of nitrogens with zero attached hydrogens (tertiary/aromatic N) is 5. The SMILES string of the molecule is O[C@H]1CC[C@H](n2nc(-c3ccc(C4(N5CCOCC5)CC4)cc3)c3cnc(NCCC4CC4)nc32)CC1. The van der Waals surface area contributed by atoms with E-state index in [-0.39, 0.29) is 17.7 Å². The van der Waals surface area contributed by atoms with Gasteiger partial charge in [0.05, 0.1) is 30.7 Å². The van der Waals surface area contributed by atoms with Gasteiger partial charge in [-0.1, -0.05) is 37.1 Å². The molecule has 196 valence electrons. The van der Waals surface area contributed by atoms with Gasteiger partial charge in [-0.05, 0) is 56.4 Å². The van der Waals surface area contributed by atoms with Gasteiger partial charge in [0, 0.05) is 36.9 Å². The van der Waals surface area contributed by atoms with Gasteiger partial charge in [0.15, 0.2) is 5.65 Å². The third-order valence-corrected chi connectivity index (χ3v) is 9.03. The van der Waals surface area contributed by atoms with Crippen molar-refractivity contribution in [2.24, 2.45) is 5.92 Å². The standard InChI is InChI=1S/C29H38N6O2/c36-24-9-7-23(8-10-24)35-27-25(19-31-28(32-27)30-14-11-20-1-2-20)26(33-35)21-3-5-22(6-4-21)29(12-13-29)34-15-17-37-18-16-34/h3-6,19-20,23-24,36H,1-2,7-18H2,(H,30,31,32)/t23-,24-. The quantitative estimate of drug-likeness (QED) is 0.469. The van der Waals surface area contributed by atoms with Gasteiger partial charge in [0.25, 0.3) is 0 Å². The first-order valence-corrected chi connectivity index (χ1v) is 14.3. The molecule has 4 fully saturated rings. The van der Waals surface area contributed by atoms with Gasteiger partial charge in [-0.25, -0.2) is 9.67 Å². The summed E-state index contributed by atoms with van der Waals surface area (Å²) in [4.78, 5) is 12.2. The zero-order valence-corrected chi connectivity index (χ0v) is 21.6. The minimum Gasteiger partial charge on any atom is -0.393 e. The fraction of sp³-hybridized carbons (Fsp3) is 0.621. The second-order valence-electron chi connectivity index (χ2n) is 11.6. The number of benzene rings is 1. The molecule has 2 N–H and O–H groups in total. The van der Waals surface area contributed by atoms with Gasteiger partial charge in [-0.15, -0.1) is 0 Å². The minimum atomic E-state index is -0.194. The summed E-state index contributed by atoms with van der Waals surface area (Å²) in [5.41, 5.74) is 4.56. The molecule has 3 saturated carbocycles. The number of aliphatic hydroxyl groups excluding tert-OH is 1. The number of rotatable bonds is 8. The molecule has 1 aromatic carbocycles. The van der Waals surface area contributed by atoms with E-state index in [1.165, 1.54) is 37.7 Å². The smallest absolute Gasteiger partial charge is 0.224 e. The van der Waals surface area contributed by atoms with E-state index in [1.807, 2.05) is 6.20 Å². The van der Waals surface area contributed by atoms with Crippen LogP contribution in [0.3, 0.4) is 0 Å². The lowest BCUT2D eigenvalue weighted by Crippen LogP contribution is -2.43. The van der Waals surface area contributed by atoms with Crippen LogP contribution in [0.15, 0.2) is 30.5 Å². The van der Waals surface area contributed by atoms with Crippen LogP contribution in [0.25, 0.3) is 22.3 Å². The van der Waals surface area contributed by atoms with Crippen molar-refractivity contribution in [2.45, 2.75) is 75.5 Å². The van der Waals surface area contributed by atoms with Crippen LogP contribution >= 0.6 is 0 Å². The number of anilines is 1. The largest absolute Gasteiger partial charge is 0.393 e. The molecular weight excluding hydrogens is 464 g/mol. The van der Waals surface area contributed by atoms with E-state index in [4.69, 9.17) is 14.8 Å². The molecule has 0 bridgehead atoms. The predicted octanol–water partition coefficient (Wildman–Crippen LogP) is 4.50. The molecule has 3 aliphatic carbocycles. The molecule has 3 heterocycles. The molecule has 2 aromatic heterocycles. The lowest BCUT2D eigenvalue weighted by molar-refractivity contribution is 0.00835. The van der Waals surface area contributed by atoms with E-state index in [1.54, 1.807) is 0 Å². The Morgan fingerprint density at radius 2 is 1.76 bits per heavy atom. The van der Waals surface area contributed by atoms with E-state index >= 15 is 0 Å². The molecule has 0 radical (unpaired) electrons. The maximum atomic E-state index is 10.1. The highest BCUT2D eigenvalue weighted by molar-refractivity contribution is 5.91. The third-order valence-electron chi connectivity index (χ3n) is 9.03. The van der Waals surface area contributed by atoms with Crippen molar-refractivity contribution in [1.29, 1.82) is 0 Å². The second kappa shape index (κ2) is 9.64. The average molecular weight is 503 g/mol. The number of aliphatic hydroxyl groups is 1. The van der Waals surface area contributed by atoms with Gasteiger partial charge >= 0.3 is 0 Å². The molecule has 0 spiro atoms. The minimum absolute atomic E-state index is 0.191. The molecule has 1 aliphatic heterocycles. The van der Waals surface area contributed by atoms with Crippen LogP contribution in [-0.2, 0) is 10.3 Å². The first-order chi connectivity index (χ1) is 18.2. The van der Waals surface area contributed by atoms with Crippen LogP contribution in [0.2, 0.25) is 0 Å². The van der Waals surface area contributed by atoms with Crippen LogP contribution in [0, 0.1) is 5.92 Å². The Morgan fingerprint density at radius 3 is 2.46 bits per heavy atom. The third kappa shape index (κ3) is 4.64. The highest BCUT2D eigenvalue weighted by atomic mass is 16.5. The van der Waals surface area contributed by atoms with Crippen molar-refractivity contribution >= 4 is 17.0 Å². The topological polar surface area (TPSA) is 88.3 Å². The second-order valence-corrected chi connectivity index (χ2v) is 11.6. The number of nitrogens with one attached hydrogen (secondary N) is 1. The Hall–Kier alpha value is -2.55. The summed E-state index contributed by atoms with van der Waals surface area (Å²) in [6.45, 7) is 4.61. The molecule has 0 amide bonds. The Morgan fingerprint density at radius 1 is 1.00 bits per heavy atom. The summed E-state index contributed by atoms with van der Waals surface area (Å²) in [6, 6.07) is 9.31. The Balaban J connectivity index is 1.19. The first-order valence-electron chi connectivity index (χ1n) is 14.3. The van der Waals surface area contributed by atoms with E-state index in [9.17, 15) is 5.11 Å². The molecule has 1 saturated heterocycles. The van der Waals surface area contributed by atoms with Crippen LogP contribution in [0.1, 0.15) is 69.4 Å². The number of ether oxygens (including phenoxy) is 1. The monoisotopic (exact) mass is 502 g/mol. The summed E-state index contributed by atoms with van der Waals surface area (Å²) in [5, 5.41) is 19.7. The van der Waals surface area contributed by atoms with Gasteiger partial charge in [-0.3, -0.25) is 4.90 Å². The molecule has 4 aliphatic rings. The molecular formula is C29H38N6O2. The zero-order valence-electron chi connectivity index (χ0n) is 21.6. The van der Waals surface area contributed by atoms with Crippen LogP contribution in [-0.4, -0.2) is 68.7 Å². The molecule has 0 atom stereocenters. The van der Waals surface area contributed by atoms with Crippen LogP contribution < -0.4 is 5.32 Å². The van der Waals surface area contributed by atoms with Gasteiger partial charge < -0.3 is 15.2 Å². The fourth-order valence-corrected chi connectivity index (χ4v) is 6.41. The van der Waals surface area contributed by atoms with Crippen molar-refractivity contribution in [3.63, 3.8) is 0 Å². The average Bonchev–Trinajstić information content (AvgIpc) is 3.88. The van der Waals surface area contributed by atoms with Gasteiger partial charge in [0.1, 0.15) is 5.69 Å². The zero-order chi connectivity index (χ0) is 24.8. The highest BCUT2D eigenvalue weighted by Gasteiger charge is 2.49. The lowest BCUT2D eigenvalue weighted by atomic mass is 9.93. The van der Waals surface area contributed by atoms with Crippen molar-refractivity contribution in [1.82, 2.24) is 24.6 Å². The normalized spacial score (nSPS) is 25.9. The maximum absolute atomic E-state index is 10.1. The van der Waals surface area contributed by atoms with E-state index < -0.39 is 0 Å². The van der Waals surface area contributed by atoms with E-state index in [0.29, 0.717) is 5.95 Å². The molecule has 8 nitrogen and oxygen atoms in total. The van der Waals surface area contributed by atoms with Gasteiger partial charge in [-0.2, -0.15) is 10.1 Å². The van der Waals surface area contributed by atoms with Gasteiger partial charge in [0.2, 0.25) is 5.95 Å². The molecule has 8 heteroatoms. The summed E-state index contributed by atoms with van der Waals surface area (Å²) in [7, 11) is 0. The summed E-state index contributed by atoms with van der Waals surface area (Å²) in [5.74, 6) is 1.57. The van der Waals surface area contributed by atoms with Crippen molar-refractivity contribution in [3.05, 3.63) is 36.0 Å². The number of hydrogen-bond acceptors (Lipinski definition) is 7. The maximum Gasteiger partial charge on any atom is 0.224 e. The Bertz CT molecular complexity index is 1240. The Labute approximate surface area is 218 Å². The van der Waals surface area contributed by atoms with Crippen LogP contribution in [0.5, 0.6) is 0 Å². The highest BCUT2D eigenvalue weighted by Crippen LogP contribution is 2.51. The Kier molecular flexibility index (Phi) is 6.14. The van der Waals surface area contributed by atoms with Crippen molar-refractivity contribution in [2.75, 3.05) is 38.2 Å². The number of hydrogen-bond donors (Lipinski definition) is 2. The first kappa shape index (κ1) is 23.6. The number of morpholine rings is 1. The summed E-state index contributed by atoms with van der Waals surface area (Å²) < 4.78 is 7.71.